The van der Waals surface area contributed by atoms with Crippen LogP contribution in [0.15, 0.2) is 30.3 Å². The fourth-order valence-electron chi connectivity index (χ4n) is 2.85. The Labute approximate surface area is 106 Å². The van der Waals surface area contributed by atoms with Crippen molar-refractivity contribution in [3.8, 4) is 0 Å². The molecule has 1 aromatic rings. The second kappa shape index (κ2) is 6.20. The molecule has 0 amide bonds. The van der Waals surface area contributed by atoms with Crippen molar-refractivity contribution in [3.63, 3.8) is 0 Å². The zero-order valence-electron chi connectivity index (χ0n) is 11.2. The van der Waals surface area contributed by atoms with Crippen LogP contribution >= 0.6 is 0 Å². The first-order chi connectivity index (χ1) is 8.25. The maximum Gasteiger partial charge on any atom is 0.0294 e. The normalized spacial score (nSPS) is 27.4. The summed E-state index contributed by atoms with van der Waals surface area (Å²) in [5.74, 6) is 0.925. The van der Waals surface area contributed by atoms with Gasteiger partial charge in [-0.1, -0.05) is 50.1 Å². The molecule has 1 aliphatic rings. The highest BCUT2D eigenvalue weighted by molar-refractivity contribution is 5.18. The minimum Gasteiger partial charge on any atom is -0.307 e. The summed E-state index contributed by atoms with van der Waals surface area (Å²) in [6.45, 7) is 4.67. The molecule has 94 valence electrons. The largest absolute Gasteiger partial charge is 0.307 e. The lowest BCUT2D eigenvalue weighted by molar-refractivity contribution is 0.408. The molecule has 0 radical (unpaired) electrons. The van der Waals surface area contributed by atoms with Gasteiger partial charge in [0.1, 0.15) is 0 Å². The van der Waals surface area contributed by atoms with Crippen molar-refractivity contribution in [2.45, 2.75) is 58.0 Å². The number of hydrogen-bond donors (Lipinski definition) is 1. The fraction of sp³-hybridized carbons (Fsp3) is 0.625. The maximum absolute atomic E-state index is 3.80. The van der Waals surface area contributed by atoms with E-state index in [2.05, 4.69) is 49.5 Å². The smallest absolute Gasteiger partial charge is 0.0294 e. The van der Waals surface area contributed by atoms with Gasteiger partial charge in [-0.3, -0.25) is 0 Å². The lowest BCUT2D eigenvalue weighted by Gasteiger charge is -2.22. The van der Waals surface area contributed by atoms with Crippen LogP contribution in [0.4, 0.5) is 0 Å². The fourth-order valence-corrected chi connectivity index (χ4v) is 2.85. The van der Waals surface area contributed by atoms with Crippen molar-refractivity contribution < 1.29 is 0 Å². The van der Waals surface area contributed by atoms with Gasteiger partial charge in [0.15, 0.2) is 0 Å². The molecule has 1 nitrogen and oxygen atoms in total. The van der Waals surface area contributed by atoms with Crippen LogP contribution in [0.1, 0.15) is 57.6 Å². The van der Waals surface area contributed by atoms with E-state index in [1.807, 2.05) is 0 Å². The Bertz CT molecular complexity index is 320. The summed E-state index contributed by atoms with van der Waals surface area (Å²) in [5.41, 5.74) is 1.41. The quantitative estimate of drug-likeness (QED) is 0.765. The van der Waals surface area contributed by atoms with Gasteiger partial charge in [0, 0.05) is 12.1 Å². The third-order valence-electron chi connectivity index (χ3n) is 4.04. The van der Waals surface area contributed by atoms with Crippen LogP contribution in [0.5, 0.6) is 0 Å². The van der Waals surface area contributed by atoms with E-state index in [1.54, 1.807) is 0 Å². The topological polar surface area (TPSA) is 12.0 Å². The first-order valence-corrected chi connectivity index (χ1v) is 7.06. The minimum atomic E-state index is 0.481. The third kappa shape index (κ3) is 3.85. The van der Waals surface area contributed by atoms with Gasteiger partial charge < -0.3 is 5.32 Å². The number of hydrogen-bond acceptors (Lipinski definition) is 1. The van der Waals surface area contributed by atoms with Gasteiger partial charge in [-0.15, -0.1) is 0 Å². The van der Waals surface area contributed by atoms with Crippen molar-refractivity contribution in [2.75, 3.05) is 0 Å². The van der Waals surface area contributed by atoms with Gasteiger partial charge in [-0.05, 0) is 37.7 Å². The van der Waals surface area contributed by atoms with Crippen LogP contribution in [0, 0.1) is 5.92 Å². The highest BCUT2D eigenvalue weighted by atomic mass is 14.9. The third-order valence-corrected chi connectivity index (χ3v) is 4.04. The van der Waals surface area contributed by atoms with Crippen molar-refractivity contribution in [1.82, 2.24) is 5.32 Å². The van der Waals surface area contributed by atoms with E-state index >= 15 is 0 Å². The molecule has 1 heteroatoms. The molecular weight excluding hydrogens is 206 g/mol. The van der Waals surface area contributed by atoms with Gasteiger partial charge in [-0.2, -0.15) is 0 Å². The van der Waals surface area contributed by atoms with E-state index < -0.39 is 0 Å². The highest BCUT2D eigenvalue weighted by Crippen LogP contribution is 2.24. The van der Waals surface area contributed by atoms with Gasteiger partial charge >= 0.3 is 0 Å². The Morgan fingerprint density at radius 2 is 1.82 bits per heavy atom. The van der Waals surface area contributed by atoms with Crippen LogP contribution in [-0.2, 0) is 0 Å². The summed E-state index contributed by atoms with van der Waals surface area (Å²) in [6, 6.07) is 12.0. The molecule has 1 fully saturated rings. The van der Waals surface area contributed by atoms with Gasteiger partial charge in [0.2, 0.25) is 0 Å². The summed E-state index contributed by atoms with van der Waals surface area (Å²) in [7, 11) is 0. The number of benzene rings is 1. The molecule has 0 aliphatic heterocycles. The molecule has 0 saturated heterocycles. The average Bonchev–Trinajstić information content (AvgIpc) is 2.56. The van der Waals surface area contributed by atoms with Crippen LogP contribution in [0.3, 0.4) is 0 Å². The highest BCUT2D eigenvalue weighted by Gasteiger charge is 2.17. The van der Waals surface area contributed by atoms with Crippen molar-refractivity contribution in [2.24, 2.45) is 5.92 Å². The summed E-state index contributed by atoms with van der Waals surface area (Å²) in [4.78, 5) is 0. The van der Waals surface area contributed by atoms with E-state index in [-0.39, 0.29) is 0 Å². The summed E-state index contributed by atoms with van der Waals surface area (Å²) >= 11 is 0. The van der Waals surface area contributed by atoms with Gasteiger partial charge in [0.25, 0.3) is 0 Å². The molecule has 1 aromatic carbocycles. The zero-order chi connectivity index (χ0) is 12.1. The predicted octanol–water partition coefficient (Wildman–Crippen LogP) is 4.31. The molecular formula is C16H25N. The molecule has 3 unspecified atom stereocenters. The maximum atomic E-state index is 3.80. The molecule has 2 rings (SSSR count). The molecule has 0 spiro atoms. The predicted molar refractivity (Wildman–Crippen MR) is 74.0 cm³/mol. The minimum absolute atomic E-state index is 0.481. The first-order valence-electron chi connectivity index (χ1n) is 7.06. The monoisotopic (exact) mass is 231 g/mol. The van der Waals surface area contributed by atoms with E-state index in [1.165, 1.54) is 37.7 Å². The first kappa shape index (κ1) is 12.6. The van der Waals surface area contributed by atoms with E-state index in [9.17, 15) is 0 Å². The van der Waals surface area contributed by atoms with Crippen LogP contribution in [0.2, 0.25) is 0 Å². The second-order valence-electron chi connectivity index (χ2n) is 5.61. The van der Waals surface area contributed by atoms with E-state index in [4.69, 9.17) is 0 Å². The summed E-state index contributed by atoms with van der Waals surface area (Å²) in [6.07, 6.45) is 6.89. The van der Waals surface area contributed by atoms with E-state index in [0.29, 0.717) is 6.04 Å². The van der Waals surface area contributed by atoms with Crippen molar-refractivity contribution in [1.29, 1.82) is 0 Å². The zero-order valence-corrected chi connectivity index (χ0v) is 11.2. The Balaban J connectivity index is 1.88. The Kier molecular flexibility index (Phi) is 4.61. The average molecular weight is 231 g/mol. The van der Waals surface area contributed by atoms with Crippen molar-refractivity contribution >= 4 is 0 Å². The van der Waals surface area contributed by atoms with Gasteiger partial charge in [0.05, 0.1) is 0 Å². The Morgan fingerprint density at radius 3 is 2.59 bits per heavy atom. The Morgan fingerprint density at radius 1 is 1.06 bits per heavy atom. The van der Waals surface area contributed by atoms with Gasteiger partial charge in [-0.25, -0.2) is 0 Å². The molecule has 0 heterocycles. The standard InChI is InChI=1S/C16H25N/c1-13-7-6-10-16(12-11-13)17-14(2)15-8-4-3-5-9-15/h3-5,8-9,13-14,16-17H,6-7,10-12H2,1-2H3. The van der Waals surface area contributed by atoms with Crippen molar-refractivity contribution in [3.05, 3.63) is 35.9 Å². The SMILES string of the molecule is CC1CCCC(NC(C)c2ccccc2)CC1. The molecule has 1 N–H and O–H groups in total. The second-order valence-corrected chi connectivity index (χ2v) is 5.61. The van der Waals surface area contributed by atoms with Crippen LogP contribution in [0.25, 0.3) is 0 Å². The molecule has 17 heavy (non-hydrogen) atoms. The number of nitrogens with one attached hydrogen (secondary N) is 1. The lowest BCUT2D eigenvalue weighted by atomic mass is 10.0. The molecule has 1 aliphatic carbocycles. The van der Waals surface area contributed by atoms with Crippen LogP contribution in [-0.4, -0.2) is 6.04 Å². The van der Waals surface area contributed by atoms with E-state index in [0.717, 1.165) is 12.0 Å². The lowest BCUT2D eigenvalue weighted by Crippen LogP contribution is -2.31. The summed E-state index contributed by atoms with van der Waals surface area (Å²) in [5, 5.41) is 3.80. The molecule has 0 bridgehead atoms. The molecule has 0 aromatic heterocycles. The summed E-state index contributed by atoms with van der Waals surface area (Å²) < 4.78 is 0. The number of rotatable bonds is 3. The molecule has 3 atom stereocenters. The van der Waals surface area contributed by atoms with Crippen LogP contribution < -0.4 is 5.32 Å². The molecule has 1 saturated carbocycles. The Hall–Kier alpha value is -0.820.